The third-order valence-corrected chi connectivity index (χ3v) is 3.20. The van der Waals surface area contributed by atoms with E-state index in [1.807, 2.05) is 6.92 Å². The summed E-state index contributed by atoms with van der Waals surface area (Å²) in [5, 5.41) is 9.80. The second-order valence-corrected chi connectivity index (χ2v) is 5.14. The van der Waals surface area contributed by atoms with E-state index in [9.17, 15) is 18.3 Å². The molecule has 3 N–H and O–H groups in total. The quantitative estimate of drug-likeness (QED) is 0.471. The lowest BCUT2D eigenvalue weighted by atomic mass is 10.1. The van der Waals surface area contributed by atoms with E-state index in [1.54, 1.807) is 19.1 Å². The molecule has 3 nitrogen and oxygen atoms in total. The van der Waals surface area contributed by atoms with Crippen LogP contribution in [0.4, 0.5) is 13.2 Å². The van der Waals surface area contributed by atoms with E-state index in [0.29, 0.717) is 11.1 Å². The van der Waals surface area contributed by atoms with Crippen molar-refractivity contribution in [2.75, 3.05) is 0 Å². The third-order valence-electron chi connectivity index (χ3n) is 3.20. The van der Waals surface area contributed by atoms with Gasteiger partial charge >= 0.3 is 6.18 Å². The minimum absolute atomic E-state index is 0.0256. The number of halogens is 3. The van der Waals surface area contributed by atoms with Crippen molar-refractivity contribution in [3.63, 3.8) is 0 Å². The molecule has 0 atom stereocenters. The minimum atomic E-state index is -4.48. The first-order valence-corrected chi connectivity index (χ1v) is 6.98. The third kappa shape index (κ3) is 5.15. The fourth-order valence-electron chi connectivity index (χ4n) is 1.74. The largest absolute Gasteiger partial charge is 0.507 e. The van der Waals surface area contributed by atoms with Gasteiger partial charge in [0, 0.05) is 0 Å². The summed E-state index contributed by atoms with van der Waals surface area (Å²) in [6.07, 6.45) is -1.62. The zero-order valence-electron chi connectivity index (χ0n) is 13.5. The van der Waals surface area contributed by atoms with Crippen LogP contribution in [0.1, 0.15) is 18.1 Å². The maximum absolute atomic E-state index is 12.6. The summed E-state index contributed by atoms with van der Waals surface area (Å²) in [5.74, 6) is -0.0140. The second-order valence-electron chi connectivity index (χ2n) is 5.14. The van der Waals surface area contributed by atoms with Crippen LogP contribution in [0.5, 0.6) is 5.75 Å². The van der Waals surface area contributed by atoms with Gasteiger partial charge < -0.3 is 10.8 Å². The van der Waals surface area contributed by atoms with Crippen LogP contribution in [0.2, 0.25) is 0 Å². The van der Waals surface area contributed by atoms with Crippen LogP contribution in [0.3, 0.4) is 0 Å². The predicted octanol–water partition coefficient (Wildman–Crippen LogP) is 4.54. The Bertz CT molecular complexity index is 741. The maximum atomic E-state index is 12.6. The molecule has 0 unspecified atom stereocenters. The molecule has 0 radical (unpaired) electrons. The molecule has 1 rings (SSSR count). The molecule has 0 saturated carbocycles. The predicted molar refractivity (Wildman–Crippen MR) is 90.8 cm³/mol. The Hall–Kier alpha value is -2.76. The number of alkyl halides is 3. The fourth-order valence-corrected chi connectivity index (χ4v) is 1.74. The van der Waals surface area contributed by atoms with Crippen LogP contribution in [0, 0.1) is 6.92 Å². The number of rotatable bonds is 5. The number of aliphatic imine (C=N–C) groups is 1. The number of phenols is 1. The van der Waals surface area contributed by atoms with E-state index >= 15 is 0 Å². The molecule has 0 heterocycles. The Morgan fingerprint density at radius 2 is 1.92 bits per heavy atom. The van der Waals surface area contributed by atoms with E-state index in [-0.39, 0.29) is 17.3 Å². The van der Waals surface area contributed by atoms with Gasteiger partial charge in [0.05, 0.1) is 16.8 Å². The van der Waals surface area contributed by atoms with Gasteiger partial charge in [-0.05, 0) is 37.6 Å². The van der Waals surface area contributed by atoms with E-state index in [2.05, 4.69) is 18.2 Å². The van der Waals surface area contributed by atoms with E-state index in [0.717, 1.165) is 17.7 Å². The van der Waals surface area contributed by atoms with Gasteiger partial charge in [0.1, 0.15) is 11.6 Å². The number of allylic oxidation sites excluding steroid dienone is 5. The zero-order valence-corrected chi connectivity index (χ0v) is 13.5. The number of aromatic hydroxyl groups is 1. The molecule has 0 aliphatic carbocycles. The summed E-state index contributed by atoms with van der Waals surface area (Å²) < 4.78 is 37.9. The number of aryl methyl sites for hydroxylation is 1. The lowest BCUT2D eigenvalue weighted by Gasteiger charge is -2.08. The van der Waals surface area contributed by atoms with Gasteiger partial charge in [-0.3, -0.25) is 0 Å². The maximum Gasteiger partial charge on any atom is 0.416 e. The Balaban J connectivity index is 3.09. The van der Waals surface area contributed by atoms with Gasteiger partial charge in [0.15, 0.2) is 0 Å². The van der Waals surface area contributed by atoms with Gasteiger partial charge in [-0.15, -0.1) is 0 Å². The molecule has 0 saturated heterocycles. The van der Waals surface area contributed by atoms with Gasteiger partial charge in [0.25, 0.3) is 0 Å². The average Bonchev–Trinajstić information content (AvgIpc) is 2.48. The van der Waals surface area contributed by atoms with Crippen LogP contribution >= 0.6 is 0 Å². The van der Waals surface area contributed by atoms with Crippen molar-refractivity contribution in [1.82, 2.24) is 0 Å². The summed E-state index contributed by atoms with van der Waals surface area (Å²) in [6.45, 7) is 10.2. The molecule has 1 aromatic rings. The molecule has 0 fully saturated rings. The van der Waals surface area contributed by atoms with Gasteiger partial charge in [-0.2, -0.15) is 13.2 Å². The molecule has 0 spiro atoms. The number of phenolic OH excluding ortho intramolecular Hbond substituents is 1. The highest BCUT2D eigenvalue weighted by Gasteiger charge is 2.30. The van der Waals surface area contributed by atoms with Crippen molar-refractivity contribution in [1.29, 1.82) is 0 Å². The zero-order chi connectivity index (χ0) is 18.5. The normalized spacial score (nSPS) is 13.8. The first-order valence-electron chi connectivity index (χ1n) is 6.98. The topological polar surface area (TPSA) is 58.6 Å². The molecule has 0 aromatic heterocycles. The van der Waals surface area contributed by atoms with E-state index in [4.69, 9.17) is 5.73 Å². The molecule has 6 heteroatoms. The summed E-state index contributed by atoms with van der Waals surface area (Å²) in [4.78, 5) is 4.05. The lowest BCUT2D eigenvalue weighted by molar-refractivity contribution is -0.0881. The summed E-state index contributed by atoms with van der Waals surface area (Å²) >= 11 is 0. The number of hydrogen-bond donors (Lipinski definition) is 2. The molecule has 1 aromatic carbocycles. The van der Waals surface area contributed by atoms with Crippen LogP contribution in [0.15, 0.2) is 71.4 Å². The molecule has 24 heavy (non-hydrogen) atoms. The Morgan fingerprint density at radius 1 is 1.29 bits per heavy atom. The number of benzene rings is 1. The number of nitrogens with zero attached hydrogens (tertiary/aromatic N) is 1. The second kappa shape index (κ2) is 7.68. The van der Waals surface area contributed by atoms with E-state index < -0.39 is 11.7 Å². The Labute approximate surface area is 139 Å². The van der Waals surface area contributed by atoms with E-state index in [1.165, 1.54) is 12.1 Å². The van der Waals surface area contributed by atoms with Crippen LogP contribution < -0.4 is 5.73 Å². The van der Waals surface area contributed by atoms with Crippen molar-refractivity contribution < 1.29 is 18.3 Å². The van der Waals surface area contributed by atoms with Gasteiger partial charge in [-0.1, -0.05) is 36.9 Å². The highest BCUT2D eigenvalue weighted by Crippen LogP contribution is 2.26. The van der Waals surface area contributed by atoms with Crippen molar-refractivity contribution in [3.8, 4) is 5.75 Å². The molecule has 0 bridgehead atoms. The molecule has 0 aliphatic rings. The van der Waals surface area contributed by atoms with Crippen molar-refractivity contribution in [2.24, 2.45) is 10.7 Å². The summed E-state index contributed by atoms with van der Waals surface area (Å²) in [6, 6.07) is 4.85. The molecular weight excluding hydrogens is 317 g/mol. The SMILES string of the molecule is C=C/C(=C\C=C(/C)C(=C)N=C(N)c1cc(C)ccc1O)C(F)(F)F. The molecule has 0 aliphatic heterocycles. The first kappa shape index (κ1) is 19.3. The Kier molecular flexibility index (Phi) is 6.17. The Morgan fingerprint density at radius 3 is 2.46 bits per heavy atom. The smallest absolute Gasteiger partial charge is 0.416 e. The van der Waals surface area contributed by atoms with Gasteiger partial charge in [-0.25, -0.2) is 4.99 Å². The van der Waals surface area contributed by atoms with Crippen LogP contribution in [-0.2, 0) is 0 Å². The lowest BCUT2D eigenvalue weighted by Crippen LogP contribution is -2.14. The molecule has 128 valence electrons. The molecule has 0 amide bonds. The summed E-state index contributed by atoms with van der Waals surface area (Å²) in [5.41, 5.74) is 6.77. The van der Waals surface area contributed by atoms with Crippen LogP contribution in [0.25, 0.3) is 0 Å². The van der Waals surface area contributed by atoms with Crippen molar-refractivity contribution >= 4 is 5.84 Å². The minimum Gasteiger partial charge on any atom is -0.507 e. The van der Waals surface area contributed by atoms with Crippen molar-refractivity contribution in [2.45, 2.75) is 20.0 Å². The standard InChI is InChI=1S/C18H19F3N2O/c1-5-14(18(19,20)21)8-7-12(3)13(4)23-17(22)15-10-11(2)6-9-16(15)24/h5-10,24H,1,4H2,2-3H3,(H2,22,23)/b12-7+,14-8+. The van der Waals surface area contributed by atoms with Crippen LogP contribution in [-0.4, -0.2) is 17.1 Å². The number of nitrogens with two attached hydrogens (primary N) is 1. The summed E-state index contributed by atoms with van der Waals surface area (Å²) in [7, 11) is 0. The molecular formula is C18H19F3N2O. The van der Waals surface area contributed by atoms with Crippen molar-refractivity contribution in [3.05, 3.63) is 77.6 Å². The monoisotopic (exact) mass is 336 g/mol. The highest BCUT2D eigenvalue weighted by molar-refractivity contribution is 6.00. The highest BCUT2D eigenvalue weighted by atomic mass is 19.4. The number of amidine groups is 1. The average molecular weight is 336 g/mol. The first-order chi connectivity index (χ1) is 11.1. The number of hydrogen-bond acceptors (Lipinski definition) is 2. The van der Waals surface area contributed by atoms with Gasteiger partial charge in [0.2, 0.25) is 0 Å². The fraction of sp³-hybridized carbons (Fsp3) is 0.167.